The summed E-state index contributed by atoms with van der Waals surface area (Å²) in [6.45, 7) is 7.80. The highest BCUT2D eigenvalue weighted by Gasteiger charge is 2.11. The molecule has 0 bridgehead atoms. The lowest BCUT2D eigenvalue weighted by Crippen LogP contribution is -2.09. The number of hydrogen-bond donors (Lipinski definition) is 1. The standard InChI is InChI=1S/C14H24ClN3O/c1-10(2)13-17-12(15)11(3)14(18-13)16-8-6-5-7-9-19-4/h10H,5-9H2,1-4H3,(H,16,17,18). The maximum atomic E-state index is 6.14. The topological polar surface area (TPSA) is 47.0 Å². The number of nitrogens with zero attached hydrogens (tertiary/aromatic N) is 2. The number of halogens is 1. The molecule has 0 aliphatic heterocycles. The van der Waals surface area contributed by atoms with Crippen LogP contribution in [0.2, 0.25) is 5.15 Å². The second-order valence-electron chi connectivity index (χ2n) is 4.98. The zero-order valence-electron chi connectivity index (χ0n) is 12.3. The first kappa shape index (κ1) is 16.2. The number of anilines is 1. The zero-order chi connectivity index (χ0) is 14.3. The molecule has 0 aromatic carbocycles. The first-order chi connectivity index (χ1) is 9.06. The molecule has 0 aliphatic carbocycles. The summed E-state index contributed by atoms with van der Waals surface area (Å²) < 4.78 is 5.03. The van der Waals surface area contributed by atoms with Crippen molar-refractivity contribution >= 4 is 17.4 Å². The number of ether oxygens (including phenoxy) is 1. The third-order valence-corrected chi connectivity index (χ3v) is 3.31. The minimum atomic E-state index is 0.278. The second-order valence-corrected chi connectivity index (χ2v) is 5.34. The molecule has 19 heavy (non-hydrogen) atoms. The molecular weight excluding hydrogens is 262 g/mol. The maximum absolute atomic E-state index is 6.14. The molecule has 108 valence electrons. The molecule has 0 unspecified atom stereocenters. The average molecular weight is 286 g/mol. The van der Waals surface area contributed by atoms with Gasteiger partial charge < -0.3 is 10.1 Å². The summed E-state index contributed by atoms with van der Waals surface area (Å²) in [7, 11) is 1.73. The van der Waals surface area contributed by atoms with Crippen LogP contribution in [0.3, 0.4) is 0 Å². The summed E-state index contributed by atoms with van der Waals surface area (Å²) in [5, 5.41) is 3.89. The van der Waals surface area contributed by atoms with E-state index in [1.54, 1.807) is 7.11 Å². The Morgan fingerprint density at radius 2 is 1.95 bits per heavy atom. The van der Waals surface area contributed by atoms with Crippen LogP contribution in [0.25, 0.3) is 0 Å². The molecule has 0 aliphatic rings. The highest BCUT2D eigenvalue weighted by atomic mass is 35.5. The lowest BCUT2D eigenvalue weighted by atomic mass is 10.2. The lowest BCUT2D eigenvalue weighted by Gasteiger charge is -2.12. The third-order valence-electron chi connectivity index (χ3n) is 2.94. The van der Waals surface area contributed by atoms with Gasteiger partial charge in [-0.25, -0.2) is 9.97 Å². The molecule has 0 spiro atoms. The molecule has 0 fully saturated rings. The average Bonchev–Trinajstić information content (AvgIpc) is 2.37. The molecular formula is C14H24ClN3O. The molecule has 0 atom stereocenters. The minimum Gasteiger partial charge on any atom is -0.385 e. The zero-order valence-corrected chi connectivity index (χ0v) is 13.0. The van der Waals surface area contributed by atoms with Crippen molar-refractivity contribution in [1.29, 1.82) is 0 Å². The summed E-state index contributed by atoms with van der Waals surface area (Å²) in [5.74, 6) is 1.92. The van der Waals surface area contributed by atoms with Gasteiger partial charge in [0.15, 0.2) is 0 Å². The predicted octanol–water partition coefficient (Wildman–Crippen LogP) is 3.79. The van der Waals surface area contributed by atoms with E-state index in [0.29, 0.717) is 5.15 Å². The molecule has 1 rings (SSSR count). The van der Waals surface area contributed by atoms with Crippen LogP contribution >= 0.6 is 11.6 Å². The molecule has 4 nitrogen and oxygen atoms in total. The van der Waals surface area contributed by atoms with Crippen molar-refractivity contribution in [2.45, 2.75) is 46.0 Å². The van der Waals surface area contributed by atoms with E-state index in [4.69, 9.17) is 16.3 Å². The number of nitrogens with one attached hydrogen (secondary N) is 1. The SMILES string of the molecule is COCCCCCNc1nc(C(C)C)nc(Cl)c1C. The van der Waals surface area contributed by atoms with Crippen LogP contribution in [0.1, 0.15) is 50.4 Å². The molecule has 1 aromatic heterocycles. The summed E-state index contributed by atoms with van der Waals surface area (Å²) in [4.78, 5) is 8.83. The van der Waals surface area contributed by atoms with Gasteiger partial charge in [-0.3, -0.25) is 0 Å². The Morgan fingerprint density at radius 3 is 2.58 bits per heavy atom. The van der Waals surface area contributed by atoms with Gasteiger partial charge in [-0.1, -0.05) is 25.4 Å². The fraction of sp³-hybridized carbons (Fsp3) is 0.714. The Hall–Kier alpha value is -0.870. The Morgan fingerprint density at radius 1 is 1.21 bits per heavy atom. The summed E-state index contributed by atoms with van der Waals surface area (Å²) in [5.41, 5.74) is 0.919. The summed E-state index contributed by atoms with van der Waals surface area (Å²) in [6, 6.07) is 0. The van der Waals surface area contributed by atoms with E-state index >= 15 is 0 Å². The van der Waals surface area contributed by atoms with Gasteiger partial charge in [0.1, 0.15) is 16.8 Å². The molecule has 0 saturated carbocycles. The van der Waals surface area contributed by atoms with Crippen LogP contribution < -0.4 is 5.32 Å². The minimum absolute atomic E-state index is 0.278. The number of unbranched alkanes of at least 4 members (excludes halogenated alkanes) is 2. The van der Waals surface area contributed by atoms with E-state index in [1.165, 1.54) is 0 Å². The van der Waals surface area contributed by atoms with Crippen LogP contribution in [-0.2, 0) is 4.74 Å². The predicted molar refractivity (Wildman–Crippen MR) is 80.1 cm³/mol. The maximum Gasteiger partial charge on any atom is 0.137 e. The van der Waals surface area contributed by atoms with Gasteiger partial charge in [0, 0.05) is 31.7 Å². The molecule has 1 aromatic rings. The van der Waals surface area contributed by atoms with Crippen molar-refractivity contribution in [1.82, 2.24) is 9.97 Å². The highest BCUT2D eigenvalue weighted by molar-refractivity contribution is 6.30. The molecule has 0 saturated heterocycles. The van der Waals surface area contributed by atoms with E-state index in [0.717, 1.165) is 49.6 Å². The first-order valence-electron chi connectivity index (χ1n) is 6.83. The Labute approximate surface area is 120 Å². The Balaban J connectivity index is 2.52. The lowest BCUT2D eigenvalue weighted by molar-refractivity contribution is 0.192. The van der Waals surface area contributed by atoms with Crippen LogP contribution in [0.15, 0.2) is 0 Å². The van der Waals surface area contributed by atoms with Crippen LogP contribution in [-0.4, -0.2) is 30.2 Å². The molecule has 5 heteroatoms. The van der Waals surface area contributed by atoms with Gasteiger partial charge in [0.05, 0.1) is 0 Å². The van der Waals surface area contributed by atoms with E-state index in [9.17, 15) is 0 Å². The van der Waals surface area contributed by atoms with Gasteiger partial charge in [0.25, 0.3) is 0 Å². The molecule has 1 N–H and O–H groups in total. The van der Waals surface area contributed by atoms with Gasteiger partial charge in [0.2, 0.25) is 0 Å². The summed E-state index contributed by atoms with van der Waals surface area (Å²) in [6.07, 6.45) is 3.34. The van der Waals surface area contributed by atoms with Crippen molar-refractivity contribution in [2.24, 2.45) is 0 Å². The normalized spacial score (nSPS) is 11.1. The van der Waals surface area contributed by atoms with Gasteiger partial charge in [-0.2, -0.15) is 0 Å². The quantitative estimate of drug-likeness (QED) is 0.583. The summed E-state index contributed by atoms with van der Waals surface area (Å²) >= 11 is 6.14. The van der Waals surface area contributed by atoms with Crippen LogP contribution in [0.5, 0.6) is 0 Å². The van der Waals surface area contributed by atoms with Crippen molar-refractivity contribution in [2.75, 3.05) is 25.6 Å². The third kappa shape index (κ3) is 5.33. The highest BCUT2D eigenvalue weighted by Crippen LogP contribution is 2.22. The van der Waals surface area contributed by atoms with E-state index in [2.05, 4.69) is 29.1 Å². The van der Waals surface area contributed by atoms with Crippen molar-refractivity contribution in [3.8, 4) is 0 Å². The number of aromatic nitrogens is 2. The van der Waals surface area contributed by atoms with Gasteiger partial charge in [-0.05, 0) is 26.2 Å². The van der Waals surface area contributed by atoms with Crippen molar-refractivity contribution in [3.05, 3.63) is 16.5 Å². The molecule has 0 radical (unpaired) electrons. The van der Waals surface area contributed by atoms with Crippen LogP contribution in [0, 0.1) is 6.92 Å². The van der Waals surface area contributed by atoms with Crippen molar-refractivity contribution in [3.63, 3.8) is 0 Å². The van der Waals surface area contributed by atoms with Gasteiger partial charge >= 0.3 is 0 Å². The van der Waals surface area contributed by atoms with Crippen LogP contribution in [0.4, 0.5) is 5.82 Å². The van der Waals surface area contributed by atoms with E-state index in [1.807, 2.05) is 6.92 Å². The first-order valence-corrected chi connectivity index (χ1v) is 7.21. The fourth-order valence-corrected chi connectivity index (χ4v) is 1.87. The Kier molecular flexibility index (Phi) is 7.10. The fourth-order valence-electron chi connectivity index (χ4n) is 1.69. The van der Waals surface area contributed by atoms with Gasteiger partial charge in [-0.15, -0.1) is 0 Å². The monoisotopic (exact) mass is 285 g/mol. The second kappa shape index (κ2) is 8.33. The number of hydrogen-bond acceptors (Lipinski definition) is 4. The van der Waals surface area contributed by atoms with Crippen molar-refractivity contribution < 1.29 is 4.74 Å². The Bertz CT molecular complexity index is 397. The molecule has 0 amide bonds. The van der Waals surface area contributed by atoms with E-state index in [-0.39, 0.29) is 5.92 Å². The largest absolute Gasteiger partial charge is 0.385 e. The number of rotatable bonds is 8. The molecule has 1 heterocycles. The smallest absolute Gasteiger partial charge is 0.137 e. The van der Waals surface area contributed by atoms with E-state index < -0.39 is 0 Å². The number of methoxy groups -OCH3 is 1.